The van der Waals surface area contributed by atoms with Gasteiger partial charge in [-0.1, -0.05) is 30.3 Å². The normalized spacial score (nSPS) is 14.9. The van der Waals surface area contributed by atoms with Gasteiger partial charge < -0.3 is 9.88 Å². The van der Waals surface area contributed by atoms with Crippen LogP contribution in [0.1, 0.15) is 31.5 Å². The van der Waals surface area contributed by atoms with Gasteiger partial charge in [-0.25, -0.2) is 4.39 Å². The Morgan fingerprint density at radius 3 is 2.43 bits per heavy atom. The number of fused-ring (bicyclic) bond motifs is 1. The number of benzene rings is 2. The summed E-state index contributed by atoms with van der Waals surface area (Å²) in [4.78, 5) is 43.1. The molecule has 0 atom stereocenters. The Morgan fingerprint density at radius 2 is 1.77 bits per heavy atom. The lowest BCUT2D eigenvalue weighted by molar-refractivity contribution is -0.383. The predicted octanol–water partition coefficient (Wildman–Crippen LogP) is 3.63. The molecule has 2 aromatic carbocycles. The number of aromatic amines is 1. The smallest absolute Gasteiger partial charge is 0.280 e. The number of hydrogen-bond donors (Lipinski definition) is 1. The quantitative estimate of drug-likeness (QED) is 0.411. The van der Waals surface area contributed by atoms with E-state index in [1.807, 2.05) is 49.1 Å². The lowest BCUT2D eigenvalue weighted by Crippen LogP contribution is -2.53. The Balaban J connectivity index is 1.34. The molecule has 1 saturated heterocycles. The molecule has 1 aliphatic heterocycles. The Kier molecular flexibility index (Phi) is 6.98. The first-order valence-corrected chi connectivity index (χ1v) is 11.7. The van der Waals surface area contributed by atoms with Crippen molar-refractivity contribution in [3.8, 4) is 0 Å². The first-order chi connectivity index (χ1) is 16.7. The topological polar surface area (TPSA) is 99.5 Å². The van der Waals surface area contributed by atoms with Crippen molar-refractivity contribution >= 4 is 22.4 Å². The van der Waals surface area contributed by atoms with Crippen LogP contribution in [0.25, 0.3) is 10.8 Å². The number of halogens is 1. The number of hydrogen-bond acceptors (Lipinski definition) is 5. The highest BCUT2D eigenvalue weighted by Crippen LogP contribution is 2.27. The molecule has 1 N–H and O–H groups in total. The van der Waals surface area contributed by atoms with Crippen LogP contribution in [0.5, 0.6) is 0 Å². The number of piperazine rings is 1. The second kappa shape index (κ2) is 9.95. The van der Waals surface area contributed by atoms with Crippen molar-refractivity contribution in [3.63, 3.8) is 0 Å². The number of aryl methyl sites for hydroxylation is 1. The third-order valence-corrected chi connectivity index (χ3v) is 6.77. The maximum Gasteiger partial charge on any atom is 0.280 e. The maximum atomic E-state index is 13.7. The van der Waals surface area contributed by atoms with Gasteiger partial charge in [0.1, 0.15) is 5.82 Å². The summed E-state index contributed by atoms with van der Waals surface area (Å²) >= 11 is 0. The van der Waals surface area contributed by atoms with E-state index in [2.05, 4.69) is 9.88 Å². The third-order valence-electron chi connectivity index (χ3n) is 6.77. The van der Waals surface area contributed by atoms with Gasteiger partial charge in [-0.2, -0.15) is 0 Å². The van der Waals surface area contributed by atoms with Crippen LogP contribution in [0.3, 0.4) is 0 Å². The number of carbonyl (C=O) groups excluding carboxylic acids is 1. The second-order valence-electron chi connectivity index (χ2n) is 9.50. The average molecular weight is 481 g/mol. The zero-order valence-corrected chi connectivity index (χ0v) is 19.9. The maximum absolute atomic E-state index is 13.7. The van der Waals surface area contributed by atoms with Crippen LogP contribution in [0.4, 0.5) is 10.1 Å². The summed E-state index contributed by atoms with van der Waals surface area (Å²) in [6.45, 7) is 7.51. The van der Waals surface area contributed by atoms with Crippen LogP contribution < -0.4 is 5.56 Å². The molecule has 3 aromatic rings. The van der Waals surface area contributed by atoms with Crippen molar-refractivity contribution < 1.29 is 14.1 Å². The highest BCUT2D eigenvalue weighted by molar-refractivity contribution is 5.90. The molecule has 0 saturated carbocycles. The predicted molar refractivity (Wildman–Crippen MR) is 132 cm³/mol. The van der Waals surface area contributed by atoms with Crippen molar-refractivity contribution in [1.82, 2.24) is 14.8 Å². The number of aromatic nitrogens is 1. The molecule has 0 bridgehead atoms. The van der Waals surface area contributed by atoms with Crippen molar-refractivity contribution in [2.24, 2.45) is 0 Å². The molecule has 2 heterocycles. The van der Waals surface area contributed by atoms with Crippen molar-refractivity contribution in [2.75, 3.05) is 32.7 Å². The number of rotatable bonds is 7. The minimum Gasteiger partial charge on any atom is -0.339 e. The van der Waals surface area contributed by atoms with E-state index >= 15 is 0 Å². The molecule has 0 aliphatic carbocycles. The second-order valence-corrected chi connectivity index (χ2v) is 9.50. The number of carbonyl (C=O) groups is 1. The zero-order chi connectivity index (χ0) is 25.2. The number of amides is 1. The Hall–Kier alpha value is -3.59. The molecule has 8 nitrogen and oxygen atoms in total. The number of non-ortho nitro benzene ring substituents is 1. The fourth-order valence-corrected chi connectivity index (χ4v) is 4.69. The van der Waals surface area contributed by atoms with Gasteiger partial charge in [0.25, 0.3) is 11.2 Å². The Labute approximate surface area is 202 Å². The van der Waals surface area contributed by atoms with E-state index in [4.69, 9.17) is 0 Å². The number of H-pyrrole nitrogens is 1. The summed E-state index contributed by atoms with van der Waals surface area (Å²) < 4.78 is 13.7. The van der Waals surface area contributed by atoms with Crippen LogP contribution in [0, 0.1) is 15.9 Å². The molecule has 35 heavy (non-hydrogen) atoms. The van der Waals surface area contributed by atoms with Gasteiger partial charge in [0.15, 0.2) is 0 Å². The van der Waals surface area contributed by atoms with E-state index in [1.165, 1.54) is 0 Å². The van der Waals surface area contributed by atoms with E-state index in [-0.39, 0.29) is 16.7 Å². The molecular weight excluding hydrogens is 451 g/mol. The minimum absolute atomic E-state index is 0.0281. The standard InChI is InChI=1S/C26H29FN4O4/c1-26(2,18-7-4-3-5-8-18)25(33)30-13-11-29(12-14-30)10-6-9-20-17-21-22(24(32)28-20)15-19(27)16-23(21)31(34)35/h3-5,7-8,15-17H,6,9-14H2,1-2H3,(H,28,32). The molecule has 0 radical (unpaired) electrons. The van der Waals surface area contributed by atoms with E-state index in [0.29, 0.717) is 25.2 Å². The number of nitro benzene ring substituents is 1. The molecule has 184 valence electrons. The molecule has 9 heteroatoms. The minimum atomic E-state index is -0.813. The van der Waals surface area contributed by atoms with Gasteiger partial charge in [-0.3, -0.25) is 24.6 Å². The first kappa shape index (κ1) is 24.5. The fourth-order valence-electron chi connectivity index (χ4n) is 4.69. The monoisotopic (exact) mass is 480 g/mol. The first-order valence-electron chi connectivity index (χ1n) is 11.7. The van der Waals surface area contributed by atoms with Gasteiger partial charge in [0.2, 0.25) is 5.91 Å². The van der Waals surface area contributed by atoms with Gasteiger partial charge in [-0.15, -0.1) is 0 Å². The van der Waals surface area contributed by atoms with E-state index in [1.54, 1.807) is 6.07 Å². The van der Waals surface area contributed by atoms with Crippen LogP contribution in [-0.4, -0.2) is 58.3 Å². The fraction of sp³-hybridized carbons (Fsp3) is 0.385. The van der Waals surface area contributed by atoms with Crippen molar-refractivity contribution in [2.45, 2.75) is 32.1 Å². The van der Waals surface area contributed by atoms with Crippen molar-refractivity contribution in [1.29, 1.82) is 0 Å². The molecule has 1 aliphatic rings. The lowest BCUT2D eigenvalue weighted by Gasteiger charge is -2.38. The molecule has 1 aromatic heterocycles. The van der Waals surface area contributed by atoms with Crippen LogP contribution in [0.15, 0.2) is 53.3 Å². The largest absolute Gasteiger partial charge is 0.339 e. The third kappa shape index (κ3) is 5.24. The van der Waals surface area contributed by atoms with Crippen molar-refractivity contribution in [3.05, 3.63) is 86.1 Å². The van der Waals surface area contributed by atoms with Crippen LogP contribution in [0.2, 0.25) is 0 Å². The molecule has 1 fully saturated rings. The Bertz CT molecular complexity index is 1300. The summed E-state index contributed by atoms with van der Waals surface area (Å²) in [6.07, 6.45) is 1.26. The van der Waals surface area contributed by atoms with Crippen LogP contribution >= 0.6 is 0 Å². The summed E-state index contributed by atoms with van der Waals surface area (Å²) in [5.74, 6) is -0.692. The van der Waals surface area contributed by atoms with E-state index in [0.717, 1.165) is 43.8 Å². The highest BCUT2D eigenvalue weighted by atomic mass is 19.1. The van der Waals surface area contributed by atoms with E-state index in [9.17, 15) is 24.1 Å². The number of nitrogens with one attached hydrogen (secondary N) is 1. The Morgan fingerprint density at radius 1 is 1.09 bits per heavy atom. The zero-order valence-electron chi connectivity index (χ0n) is 19.9. The number of nitro groups is 1. The molecule has 4 rings (SSSR count). The summed E-state index contributed by atoms with van der Waals surface area (Å²) in [5.41, 5.74) is 0.0481. The van der Waals surface area contributed by atoms with Gasteiger partial charge in [0.05, 0.1) is 27.2 Å². The van der Waals surface area contributed by atoms with Gasteiger partial charge in [-0.05, 0) is 50.9 Å². The van der Waals surface area contributed by atoms with Gasteiger partial charge in [0, 0.05) is 31.9 Å². The lowest BCUT2D eigenvalue weighted by atomic mass is 9.83. The molecule has 0 unspecified atom stereocenters. The average Bonchev–Trinajstić information content (AvgIpc) is 2.84. The summed E-state index contributed by atoms with van der Waals surface area (Å²) in [6, 6.07) is 13.2. The molecule has 1 amide bonds. The van der Waals surface area contributed by atoms with E-state index < -0.39 is 27.4 Å². The van der Waals surface area contributed by atoms with Crippen LogP contribution in [-0.2, 0) is 16.6 Å². The number of pyridine rings is 1. The van der Waals surface area contributed by atoms with Gasteiger partial charge >= 0.3 is 0 Å². The highest BCUT2D eigenvalue weighted by Gasteiger charge is 2.34. The number of nitrogens with zero attached hydrogens (tertiary/aromatic N) is 3. The summed E-state index contributed by atoms with van der Waals surface area (Å²) in [7, 11) is 0. The SMILES string of the molecule is CC(C)(C(=O)N1CCN(CCCc2cc3c([N+](=O)[O-])cc(F)cc3c(=O)[nH]2)CC1)c1ccccc1. The molecular formula is C26H29FN4O4. The molecule has 0 spiro atoms. The summed E-state index contributed by atoms with van der Waals surface area (Å²) in [5, 5.41) is 11.4.